The smallest absolute Gasteiger partial charge is 0.138 e. The maximum absolute atomic E-state index is 6.23. The van der Waals surface area contributed by atoms with Crippen molar-refractivity contribution in [2.24, 2.45) is 0 Å². The number of nitrogens with zero attached hydrogens (tertiary/aromatic N) is 2. The van der Waals surface area contributed by atoms with Gasteiger partial charge in [0.25, 0.3) is 0 Å². The number of halogens is 3. The van der Waals surface area contributed by atoms with Crippen LogP contribution in [-0.2, 0) is 5.41 Å². The van der Waals surface area contributed by atoms with E-state index in [1.807, 2.05) is 45.9 Å². The fourth-order valence-corrected chi connectivity index (χ4v) is 2.35. The van der Waals surface area contributed by atoms with Crippen LogP contribution in [0.5, 0.6) is 0 Å². The molecule has 1 aromatic heterocycles. The van der Waals surface area contributed by atoms with E-state index in [0.29, 0.717) is 21.8 Å². The predicted molar refractivity (Wildman–Crippen MR) is 92.9 cm³/mol. The molecule has 2 aromatic rings. The van der Waals surface area contributed by atoms with Crippen LogP contribution in [0.1, 0.15) is 32.2 Å². The van der Waals surface area contributed by atoms with Crippen LogP contribution >= 0.6 is 39.1 Å². The van der Waals surface area contributed by atoms with Crippen LogP contribution < -0.4 is 5.32 Å². The minimum atomic E-state index is -0.181. The van der Waals surface area contributed by atoms with Crippen LogP contribution in [0, 0.1) is 6.92 Å². The van der Waals surface area contributed by atoms with Crippen molar-refractivity contribution >= 4 is 50.6 Å². The third-order valence-corrected chi connectivity index (χ3v) is 4.23. The van der Waals surface area contributed by atoms with Crippen molar-refractivity contribution in [2.45, 2.75) is 33.1 Å². The van der Waals surface area contributed by atoms with E-state index in [2.05, 4.69) is 31.2 Å². The van der Waals surface area contributed by atoms with Gasteiger partial charge >= 0.3 is 0 Å². The Kier molecular flexibility index (Phi) is 4.81. The molecule has 1 aromatic carbocycles. The SMILES string of the molecule is Cc1c(Cl)nc(C(C)(C)C)nc1Nc1cc(Cl)ccc1Br. The van der Waals surface area contributed by atoms with E-state index in [9.17, 15) is 0 Å². The Morgan fingerprint density at radius 2 is 1.81 bits per heavy atom. The Bertz CT molecular complexity index is 681. The molecule has 0 aliphatic rings. The Hall–Kier alpha value is -0.840. The molecular formula is C15H16BrCl2N3. The molecule has 0 aliphatic heterocycles. The first-order chi connectivity index (χ1) is 9.68. The average molecular weight is 389 g/mol. The molecule has 0 bridgehead atoms. The Balaban J connectivity index is 2.49. The van der Waals surface area contributed by atoms with Gasteiger partial charge in [-0.25, -0.2) is 9.97 Å². The summed E-state index contributed by atoms with van der Waals surface area (Å²) in [6.07, 6.45) is 0. The number of hydrogen-bond acceptors (Lipinski definition) is 3. The lowest BCUT2D eigenvalue weighted by Crippen LogP contribution is -2.17. The van der Waals surface area contributed by atoms with Crippen molar-refractivity contribution in [1.82, 2.24) is 9.97 Å². The molecule has 0 saturated heterocycles. The van der Waals surface area contributed by atoms with E-state index in [-0.39, 0.29) is 5.41 Å². The van der Waals surface area contributed by atoms with Gasteiger partial charge in [0.15, 0.2) is 0 Å². The molecule has 0 aliphatic carbocycles. The molecule has 3 nitrogen and oxygen atoms in total. The van der Waals surface area contributed by atoms with Gasteiger partial charge in [-0.2, -0.15) is 0 Å². The lowest BCUT2D eigenvalue weighted by molar-refractivity contribution is 0.545. The molecule has 0 atom stereocenters. The first-order valence-electron chi connectivity index (χ1n) is 6.45. The van der Waals surface area contributed by atoms with Crippen molar-refractivity contribution in [3.63, 3.8) is 0 Å². The van der Waals surface area contributed by atoms with E-state index < -0.39 is 0 Å². The summed E-state index contributed by atoms with van der Waals surface area (Å²) in [4.78, 5) is 8.96. The third-order valence-electron chi connectivity index (χ3n) is 2.94. The highest BCUT2D eigenvalue weighted by Crippen LogP contribution is 2.32. The van der Waals surface area contributed by atoms with Crippen molar-refractivity contribution in [1.29, 1.82) is 0 Å². The molecule has 0 spiro atoms. The Morgan fingerprint density at radius 1 is 1.14 bits per heavy atom. The lowest BCUT2D eigenvalue weighted by atomic mass is 9.95. The van der Waals surface area contributed by atoms with Gasteiger partial charge in [0.1, 0.15) is 16.8 Å². The second-order valence-electron chi connectivity index (χ2n) is 5.81. The van der Waals surface area contributed by atoms with Gasteiger partial charge in [0.2, 0.25) is 0 Å². The Labute approximate surface area is 143 Å². The topological polar surface area (TPSA) is 37.8 Å². The van der Waals surface area contributed by atoms with Crippen LogP contribution in [0.15, 0.2) is 22.7 Å². The first-order valence-corrected chi connectivity index (χ1v) is 8.00. The van der Waals surface area contributed by atoms with E-state index in [1.165, 1.54) is 0 Å². The summed E-state index contributed by atoms with van der Waals surface area (Å²) < 4.78 is 0.901. The van der Waals surface area contributed by atoms with Crippen LogP contribution in [0.25, 0.3) is 0 Å². The summed E-state index contributed by atoms with van der Waals surface area (Å²) in [6, 6.07) is 5.53. The van der Waals surface area contributed by atoms with Gasteiger partial charge < -0.3 is 5.32 Å². The first kappa shape index (κ1) is 16.5. The van der Waals surface area contributed by atoms with Gasteiger partial charge in [-0.15, -0.1) is 0 Å². The number of aromatic nitrogens is 2. The third kappa shape index (κ3) is 3.87. The summed E-state index contributed by atoms with van der Waals surface area (Å²) >= 11 is 15.8. The summed E-state index contributed by atoms with van der Waals surface area (Å²) in [5, 5.41) is 4.37. The van der Waals surface area contributed by atoms with Crippen LogP contribution in [-0.4, -0.2) is 9.97 Å². The highest BCUT2D eigenvalue weighted by atomic mass is 79.9. The number of hydrogen-bond donors (Lipinski definition) is 1. The van der Waals surface area contributed by atoms with Gasteiger partial charge in [-0.05, 0) is 41.1 Å². The van der Waals surface area contributed by atoms with Crippen LogP contribution in [0.3, 0.4) is 0 Å². The molecule has 0 amide bonds. The molecule has 1 heterocycles. The zero-order chi connectivity index (χ0) is 15.8. The largest absolute Gasteiger partial charge is 0.339 e. The molecule has 2 rings (SSSR count). The van der Waals surface area contributed by atoms with Crippen molar-refractivity contribution in [3.05, 3.63) is 44.2 Å². The molecule has 0 radical (unpaired) electrons. The van der Waals surface area contributed by atoms with Gasteiger partial charge in [-0.1, -0.05) is 44.0 Å². The zero-order valence-corrected chi connectivity index (χ0v) is 15.4. The second-order valence-corrected chi connectivity index (χ2v) is 7.46. The Morgan fingerprint density at radius 3 is 2.43 bits per heavy atom. The molecule has 0 unspecified atom stereocenters. The molecule has 0 fully saturated rings. The van der Waals surface area contributed by atoms with E-state index >= 15 is 0 Å². The van der Waals surface area contributed by atoms with Crippen LogP contribution in [0.2, 0.25) is 10.2 Å². The zero-order valence-electron chi connectivity index (χ0n) is 12.3. The van der Waals surface area contributed by atoms with E-state index in [1.54, 1.807) is 0 Å². The van der Waals surface area contributed by atoms with Gasteiger partial charge in [0.05, 0.1) is 5.69 Å². The number of benzene rings is 1. The lowest BCUT2D eigenvalue weighted by Gasteiger charge is -2.19. The van der Waals surface area contributed by atoms with E-state index in [4.69, 9.17) is 23.2 Å². The summed E-state index contributed by atoms with van der Waals surface area (Å²) in [7, 11) is 0. The molecule has 1 N–H and O–H groups in total. The van der Waals surface area contributed by atoms with E-state index in [0.717, 1.165) is 15.7 Å². The maximum atomic E-state index is 6.23. The fourth-order valence-electron chi connectivity index (χ4n) is 1.67. The maximum Gasteiger partial charge on any atom is 0.138 e. The summed E-state index contributed by atoms with van der Waals surface area (Å²) in [6.45, 7) is 8.03. The minimum Gasteiger partial charge on any atom is -0.339 e. The molecule has 21 heavy (non-hydrogen) atoms. The van der Waals surface area contributed by atoms with Gasteiger partial charge in [-0.3, -0.25) is 0 Å². The highest BCUT2D eigenvalue weighted by molar-refractivity contribution is 9.10. The molecular weight excluding hydrogens is 373 g/mol. The standard InChI is InChI=1S/C15H16BrCl2N3/c1-8-12(18)20-14(15(2,3)4)21-13(8)19-11-7-9(17)5-6-10(11)16/h5-7H,1-4H3,(H,19,20,21). The van der Waals surface area contributed by atoms with Crippen molar-refractivity contribution < 1.29 is 0 Å². The predicted octanol–water partition coefficient (Wildman–Crippen LogP) is 5.90. The average Bonchev–Trinajstić information content (AvgIpc) is 2.37. The minimum absolute atomic E-state index is 0.181. The van der Waals surface area contributed by atoms with Gasteiger partial charge in [0, 0.05) is 20.5 Å². The monoisotopic (exact) mass is 387 g/mol. The molecule has 112 valence electrons. The summed E-state index contributed by atoms with van der Waals surface area (Å²) in [5.41, 5.74) is 1.45. The quantitative estimate of drug-likeness (QED) is 0.651. The molecule has 6 heteroatoms. The number of anilines is 2. The van der Waals surface area contributed by atoms with Crippen LogP contribution in [0.4, 0.5) is 11.5 Å². The fraction of sp³-hybridized carbons (Fsp3) is 0.333. The summed E-state index contributed by atoms with van der Waals surface area (Å²) in [5.74, 6) is 1.38. The highest BCUT2D eigenvalue weighted by Gasteiger charge is 2.21. The van der Waals surface area contributed by atoms with Crippen molar-refractivity contribution in [2.75, 3.05) is 5.32 Å². The second kappa shape index (κ2) is 6.11. The normalized spacial score (nSPS) is 11.6. The molecule has 0 saturated carbocycles. The number of rotatable bonds is 2. The number of nitrogens with one attached hydrogen (secondary N) is 1. The van der Waals surface area contributed by atoms with Crippen molar-refractivity contribution in [3.8, 4) is 0 Å².